The van der Waals surface area contributed by atoms with Crippen molar-refractivity contribution in [3.63, 3.8) is 0 Å². The molecule has 0 bridgehead atoms. The molecule has 0 aliphatic rings. The number of carbonyl (C=O) groups excluding carboxylic acids is 1. The number of hydrogen-bond acceptors (Lipinski definition) is 2. The average Bonchev–Trinajstić information content (AvgIpc) is 2.57. The van der Waals surface area contributed by atoms with E-state index in [-0.39, 0.29) is 12.6 Å². The average molecular weight is 412 g/mol. The van der Waals surface area contributed by atoms with E-state index in [2.05, 4.69) is 5.32 Å². The first kappa shape index (κ1) is 20.9. The molecule has 10 heteroatoms. The van der Waals surface area contributed by atoms with Crippen molar-refractivity contribution in [2.75, 3.05) is 6.61 Å². The highest BCUT2D eigenvalue weighted by Gasteiger charge is 2.37. The van der Waals surface area contributed by atoms with E-state index in [1.54, 1.807) is 24.3 Å². The lowest BCUT2D eigenvalue weighted by atomic mass is 10.1. The first-order valence-corrected chi connectivity index (χ1v) is 7.77. The van der Waals surface area contributed by atoms with Gasteiger partial charge in [-0.2, -0.15) is 26.3 Å². The number of nitrogens with one attached hydrogen (secondary N) is 1. The van der Waals surface area contributed by atoms with Gasteiger partial charge in [0.05, 0.1) is 11.1 Å². The number of hydrogen-bond donors (Lipinski definition) is 1. The maximum absolute atomic E-state index is 12.8. The van der Waals surface area contributed by atoms with E-state index in [9.17, 15) is 31.1 Å². The molecule has 2 aromatic carbocycles. The van der Waals surface area contributed by atoms with Crippen LogP contribution < -0.4 is 10.1 Å². The van der Waals surface area contributed by atoms with Gasteiger partial charge < -0.3 is 10.1 Å². The summed E-state index contributed by atoms with van der Waals surface area (Å²) < 4.78 is 81.4. The Labute approximate surface area is 154 Å². The van der Waals surface area contributed by atoms with Crippen molar-refractivity contribution in [2.45, 2.75) is 18.9 Å². The van der Waals surface area contributed by atoms with Crippen LogP contribution in [0.3, 0.4) is 0 Å². The third kappa shape index (κ3) is 6.06. The highest BCUT2D eigenvalue weighted by atomic mass is 35.5. The summed E-state index contributed by atoms with van der Waals surface area (Å²) in [5, 5.41) is 2.80. The Bertz CT molecular complexity index is 788. The summed E-state index contributed by atoms with van der Waals surface area (Å²) in [4.78, 5) is 11.7. The molecule has 146 valence electrons. The first-order valence-electron chi connectivity index (χ1n) is 7.39. The van der Waals surface area contributed by atoms with Gasteiger partial charge in [-0.25, -0.2) is 0 Å². The monoisotopic (exact) mass is 411 g/mol. The second-order valence-electron chi connectivity index (χ2n) is 5.40. The summed E-state index contributed by atoms with van der Waals surface area (Å²) in [6.45, 7) is -0.735. The minimum absolute atomic E-state index is 0.0235. The standard InChI is InChI=1S/C17H12ClF6NO2/c18-14-4-2-1-3-10(14)8-25-15(26)9-27-13-6-11(16(19,20)21)5-12(7-13)17(22,23)24/h1-7H,8-9H2,(H,25,26). The Kier molecular flexibility index (Phi) is 6.25. The lowest BCUT2D eigenvalue weighted by molar-refractivity contribution is -0.143. The summed E-state index contributed by atoms with van der Waals surface area (Å²) in [6.07, 6.45) is -9.99. The van der Waals surface area contributed by atoms with Crippen LogP contribution in [0.5, 0.6) is 5.75 Å². The number of halogens is 7. The zero-order valence-corrected chi connectivity index (χ0v) is 14.2. The highest BCUT2D eigenvalue weighted by Crippen LogP contribution is 2.38. The molecule has 0 aromatic heterocycles. The molecule has 0 spiro atoms. The molecule has 0 unspecified atom stereocenters. The van der Waals surface area contributed by atoms with Gasteiger partial charge in [-0.1, -0.05) is 29.8 Å². The number of carbonyl (C=O) groups is 1. The van der Waals surface area contributed by atoms with Crippen molar-refractivity contribution >= 4 is 17.5 Å². The number of amides is 1. The number of alkyl halides is 6. The Morgan fingerprint density at radius 1 is 0.963 bits per heavy atom. The minimum Gasteiger partial charge on any atom is -0.484 e. The van der Waals surface area contributed by atoms with Gasteiger partial charge >= 0.3 is 12.4 Å². The molecule has 0 aliphatic carbocycles. The Morgan fingerprint density at radius 3 is 2.04 bits per heavy atom. The van der Waals surface area contributed by atoms with E-state index in [1.165, 1.54) is 0 Å². The van der Waals surface area contributed by atoms with Gasteiger partial charge in [0.1, 0.15) is 5.75 Å². The van der Waals surface area contributed by atoms with Crippen molar-refractivity contribution in [3.8, 4) is 5.75 Å². The quantitative estimate of drug-likeness (QED) is 0.697. The van der Waals surface area contributed by atoms with Crippen LogP contribution in [-0.4, -0.2) is 12.5 Å². The van der Waals surface area contributed by atoms with Gasteiger partial charge in [-0.05, 0) is 29.8 Å². The van der Waals surface area contributed by atoms with Crippen LogP contribution in [0.1, 0.15) is 16.7 Å². The van der Waals surface area contributed by atoms with Crippen LogP contribution in [-0.2, 0) is 23.7 Å². The number of benzene rings is 2. The van der Waals surface area contributed by atoms with Crippen LogP contribution in [0.15, 0.2) is 42.5 Å². The summed E-state index contributed by atoms with van der Waals surface area (Å²) in [5.74, 6) is -1.45. The summed E-state index contributed by atoms with van der Waals surface area (Å²) in [6, 6.07) is 7.39. The fraction of sp³-hybridized carbons (Fsp3) is 0.235. The lowest BCUT2D eigenvalue weighted by Crippen LogP contribution is -2.28. The van der Waals surface area contributed by atoms with Gasteiger partial charge in [0.2, 0.25) is 0 Å². The molecule has 0 heterocycles. The third-order valence-corrected chi connectivity index (χ3v) is 3.73. The van der Waals surface area contributed by atoms with E-state index in [1.807, 2.05) is 0 Å². The molecular weight excluding hydrogens is 400 g/mol. The zero-order valence-electron chi connectivity index (χ0n) is 13.4. The predicted molar refractivity (Wildman–Crippen MR) is 85.2 cm³/mol. The first-order chi connectivity index (χ1) is 12.5. The molecule has 1 amide bonds. The Morgan fingerprint density at radius 2 is 1.52 bits per heavy atom. The van der Waals surface area contributed by atoms with Crippen LogP contribution >= 0.6 is 11.6 Å². The summed E-state index contributed by atoms with van der Waals surface area (Å²) in [5.41, 5.74) is -2.46. The number of rotatable bonds is 5. The van der Waals surface area contributed by atoms with E-state index < -0.39 is 41.7 Å². The second-order valence-corrected chi connectivity index (χ2v) is 5.81. The van der Waals surface area contributed by atoms with Crippen molar-refractivity contribution in [2.24, 2.45) is 0 Å². The van der Waals surface area contributed by atoms with Crippen LogP contribution in [0.25, 0.3) is 0 Å². The predicted octanol–water partition coefficient (Wildman–Crippen LogP) is 5.07. The van der Waals surface area contributed by atoms with Crippen molar-refractivity contribution in [1.82, 2.24) is 5.32 Å². The Hall–Kier alpha value is -2.42. The molecule has 27 heavy (non-hydrogen) atoms. The van der Waals surface area contributed by atoms with Crippen molar-refractivity contribution < 1.29 is 35.9 Å². The van der Waals surface area contributed by atoms with Gasteiger partial charge in [-0.15, -0.1) is 0 Å². The molecule has 2 aromatic rings. The fourth-order valence-electron chi connectivity index (χ4n) is 2.05. The van der Waals surface area contributed by atoms with Gasteiger partial charge in [-0.3, -0.25) is 4.79 Å². The van der Waals surface area contributed by atoms with E-state index in [4.69, 9.17) is 16.3 Å². The van der Waals surface area contributed by atoms with Crippen molar-refractivity contribution in [3.05, 3.63) is 64.2 Å². The molecule has 0 saturated heterocycles. The van der Waals surface area contributed by atoms with E-state index in [0.29, 0.717) is 22.7 Å². The van der Waals surface area contributed by atoms with E-state index >= 15 is 0 Å². The molecular formula is C17H12ClF6NO2. The smallest absolute Gasteiger partial charge is 0.416 e. The topological polar surface area (TPSA) is 38.3 Å². The Balaban J connectivity index is 2.06. The molecule has 0 aliphatic heterocycles. The maximum atomic E-state index is 12.8. The molecule has 3 nitrogen and oxygen atoms in total. The number of ether oxygens (including phenoxy) is 1. The minimum atomic E-state index is -4.99. The zero-order chi connectivity index (χ0) is 20.2. The van der Waals surface area contributed by atoms with E-state index in [0.717, 1.165) is 0 Å². The molecule has 0 fully saturated rings. The maximum Gasteiger partial charge on any atom is 0.416 e. The largest absolute Gasteiger partial charge is 0.484 e. The van der Waals surface area contributed by atoms with Crippen molar-refractivity contribution in [1.29, 1.82) is 0 Å². The molecule has 2 rings (SSSR count). The SMILES string of the molecule is O=C(COc1cc(C(F)(F)F)cc(C(F)(F)F)c1)NCc1ccccc1Cl. The van der Waals surface area contributed by atoms with Gasteiger partial charge in [0, 0.05) is 11.6 Å². The third-order valence-electron chi connectivity index (χ3n) is 3.36. The summed E-state index contributed by atoms with van der Waals surface area (Å²) >= 11 is 5.91. The molecule has 0 radical (unpaired) electrons. The molecule has 1 N–H and O–H groups in total. The highest BCUT2D eigenvalue weighted by molar-refractivity contribution is 6.31. The van der Waals surface area contributed by atoms with Gasteiger partial charge in [0.15, 0.2) is 6.61 Å². The summed E-state index contributed by atoms with van der Waals surface area (Å²) in [7, 11) is 0. The van der Waals surface area contributed by atoms with Gasteiger partial charge in [0.25, 0.3) is 5.91 Å². The fourth-order valence-corrected chi connectivity index (χ4v) is 2.25. The molecule has 0 saturated carbocycles. The lowest BCUT2D eigenvalue weighted by Gasteiger charge is -2.15. The van der Waals surface area contributed by atoms with Crippen LogP contribution in [0.4, 0.5) is 26.3 Å². The molecule has 0 atom stereocenters. The van der Waals surface area contributed by atoms with Crippen LogP contribution in [0.2, 0.25) is 5.02 Å². The normalized spacial score (nSPS) is 12.0. The second kappa shape index (κ2) is 8.08. The van der Waals surface area contributed by atoms with Crippen LogP contribution in [0, 0.1) is 0 Å².